The summed E-state index contributed by atoms with van der Waals surface area (Å²) in [7, 11) is -9.92. The van der Waals surface area contributed by atoms with Crippen LogP contribution in [0.3, 0.4) is 0 Å². The Labute approximate surface area is 619 Å². The van der Waals surface area contributed by atoms with Crippen molar-refractivity contribution in [2.45, 2.75) is 440 Å². The number of phosphoric ester groups is 2. The molecule has 0 aromatic rings. The molecule has 0 aliphatic rings. The molecule has 0 heterocycles. The molecular formula is C82H160O17P2. The molecule has 0 bridgehead atoms. The fraction of sp³-hybridized carbons (Fsp3) is 0.951. The average molecular weight is 1480 g/mol. The average Bonchev–Trinajstić information content (AvgIpc) is 0.967. The molecule has 0 saturated carbocycles. The molecule has 600 valence electrons. The largest absolute Gasteiger partial charge is 0.472 e. The third-order valence-corrected chi connectivity index (χ3v) is 21.3. The molecule has 0 aliphatic heterocycles. The maximum absolute atomic E-state index is 13.1. The number of hydrogen-bond donors (Lipinski definition) is 3. The smallest absolute Gasteiger partial charge is 0.462 e. The summed E-state index contributed by atoms with van der Waals surface area (Å²) in [6, 6.07) is 0. The lowest BCUT2D eigenvalue weighted by Crippen LogP contribution is -2.30. The minimum absolute atomic E-state index is 0.105. The van der Waals surface area contributed by atoms with Gasteiger partial charge in [-0.3, -0.25) is 37.3 Å². The Morgan fingerprint density at radius 3 is 0.703 bits per heavy atom. The highest BCUT2D eigenvalue weighted by molar-refractivity contribution is 7.47. The summed E-state index contributed by atoms with van der Waals surface area (Å²) in [5.41, 5.74) is 0. The van der Waals surface area contributed by atoms with Gasteiger partial charge < -0.3 is 33.8 Å². The summed E-state index contributed by atoms with van der Waals surface area (Å²) in [5.74, 6) is 1.03. The zero-order valence-electron chi connectivity index (χ0n) is 66.5. The first-order chi connectivity index (χ1) is 48.6. The van der Waals surface area contributed by atoms with Crippen molar-refractivity contribution in [3.8, 4) is 0 Å². The molecule has 6 atom stereocenters. The van der Waals surface area contributed by atoms with Crippen LogP contribution in [-0.2, 0) is 65.4 Å². The van der Waals surface area contributed by atoms with Crippen molar-refractivity contribution in [1.82, 2.24) is 0 Å². The standard InChI is InChI=1S/C82H160O17P2/c1-9-75(8)61-53-45-37-32-33-39-47-55-63-80(85)93-69-78(99-82(87)65-57-49-41-31-25-24-28-36-44-52-60-74(6)7)71-97-101(90,91)95-67-76(83)66-94-100(88,89)96-70-77(68-92-79(84)62-54-46-38-29-22-18-15-14-17-21-27-35-43-51-59-73(4)5)98-81(86)64-56-48-40-30-23-19-13-11-10-12-16-20-26-34-42-50-58-72(2)3/h72-78,83H,9-71H2,1-8H3,(H,88,89)(H,90,91)/t75?,76-,77-,78-/m1/s1. The highest BCUT2D eigenvalue weighted by Crippen LogP contribution is 2.45. The molecule has 0 saturated heterocycles. The fourth-order valence-electron chi connectivity index (χ4n) is 12.6. The Morgan fingerprint density at radius 1 is 0.277 bits per heavy atom. The van der Waals surface area contributed by atoms with Crippen LogP contribution in [0.2, 0.25) is 0 Å². The molecule has 3 unspecified atom stereocenters. The number of carbonyl (C=O) groups is 4. The summed E-state index contributed by atoms with van der Waals surface area (Å²) in [5, 5.41) is 10.7. The Balaban J connectivity index is 5.26. The number of esters is 4. The van der Waals surface area contributed by atoms with Crippen molar-refractivity contribution in [3.05, 3.63) is 0 Å². The van der Waals surface area contributed by atoms with Gasteiger partial charge in [-0.15, -0.1) is 0 Å². The van der Waals surface area contributed by atoms with E-state index in [9.17, 15) is 43.2 Å². The van der Waals surface area contributed by atoms with Crippen LogP contribution in [0, 0.1) is 23.7 Å². The van der Waals surface area contributed by atoms with Crippen molar-refractivity contribution in [3.63, 3.8) is 0 Å². The molecule has 0 aliphatic carbocycles. The summed E-state index contributed by atoms with van der Waals surface area (Å²) in [4.78, 5) is 73.1. The zero-order valence-corrected chi connectivity index (χ0v) is 68.3. The molecular weight excluding hydrogens is 1320 g/mol. The molecule has 0 aromatic heterocycles. The molecule has 0 amide bonds. The van der Waals surface area contributed by atoms with Gasteiger partial charge in [0.15, 0.2) is 12.2 Å². The van der Waals surface area contributed by atoms with Crippen molar-refractivity contribution in [2.75, 3.05) is 39.6 Å². The molecule has 101 heavy (non-hydrogen) atoms. The number of hydrogen-bond acceptors (Lipinski definition) is 15. The second-order valence-corrected chi connectivity index (χ2v) is 34.1. The van der Waals surface area contributed by atoms with Crippen LogP contribution in [0.4, 0.5) is 0 Å². The van der Waals surface area contributed by atoms with Gasteiger partial charge in [0.25, 0.3) is 0 Å². The topological polar surface area (TPSA) is 237 Å². The van der Waals surface area contributed by atoms with E-state index in [4.69, 9.17) is 37.0 Å². The summed E-state index contributed by atoms with van der Waals surface area (Å²) in [6.45, 7) is 14.3. The zero-order chi connectivity index (χ0) is 74.6. The molecule has 3 N–H and O–H groups in total. The molecule has 0 spiro atoms. The van der Waals surface area contributed by atoms with Crippen LogP contribution in [0.5, 0.6) is 0 Å². The van der Waals surface area contributed by atoms with Crippen LogP contribution in [-0.4, -0.2) is 96.7 Å². The number of unbranched alkanes of at least 4 members (excludes halogenated alkanes) is 44. The normalized spacial score (nSPS) is 14.3. The van der Waals surface area contributed by atoms with Crippen LogP contribution >= 0.6 is 15.6 Å². The Kier molecular flexibility index (Phi) is 69.6. The Bertz CT molecular complexity index is 1970. The van der Waals surface area contributed by atoms with E-state index < -0.39 is 97.5 Å². The predicted molar refractivity (Wildman–Crippen MR) is 414 cm³/mol. The minimum atomic E-state index is -4.96. The monoisotopic (exact) mass is 1480 g/mol. The van der Waals surface area contributed by atoms with E-state index in [1.165, 1.54) is 225 Å². The van der Waals surface area contributed by atoms with Gasteiger partial charge in [-0.2, -0.15) is 0 Å². The van der Waals surface area contributed by atoms with Gasteiger partial charge in [0.1, 0.15) is 19.3 Å². The van der Waals surface area contributed by atoms with E-state index in [0.29, 0.717) is 25.7 Å². The SMILES string of the molecule is CCC(C)CCCCCCCCCCC(=O)OC[C@H](COP(=O)(O)OC[C@H](O)COP(=O)(O)OC[C@@H](COC(=O)CCCCCCCCCCCCCCCCC(C)C)OC(=O)CCCCCCCCCCCCCCCCCCC(C)C)OC(=O)CCCCCCCCCCCCC(C)C. The summed E-state index contributed by atoms with van der Waals surface area (Å²) >= 11 is 0. The van der Waals surface area contributed by atoms with E-state index in [1.54, 1.807) is 0 Å². The van der Waals surface area contributed by atoms with E-state index in [-0.39, 0.29) is 25.7 Å². The molecule has 0 fully saturated rings. The number of phosphoric acid groups is 2. The van der Waals surface area contributed by atoms with Crippen LogP contribution < -0.4 is 0 Å². The maximum Gasteiger partial charge on any atom is 0.472 e. The second-order valence-electron chi connectivity index (χ2n) is 31.2. The summed E-state index contributed by atoms with van der Waals surface area (Å²) < 4.78 is 68.8. The van der Waals surface area contributed by atoms with Crippen molar-refractivity contribution >= 4 is 39.5 Å². The molecule has 0 aromatic carbocycles. The first-order valence-electron chi connectivity index (χ1n) is 42.2. The number of ether oxygens (including phenoxy) is 4. The number of rotatable bonds is 79. The van der Waals surface area contributed by atoms with Gasteiger partial charge in [-0.1, -0.05) is 370 Å². The van der Waals surface area contributed by atoms with Crippen LogP contribution in [0.15, 0.2) is 0 Å². The highest BCUT2D eigenvalue weighted by Gasteiger charge is 2.30. The molecule has 19 heteroatoms. The molecule has 17 nitrogen and oxygen atoms in total. The van der Waals surface area contributed by atoms with Gasteiger partial charge >= 0.3 is 39.5 Å². The molecule has 0 radical (unpaired) electrons. The van der Waals surface area contributed by atoms with E-state index in [2.05, 4.69) is 55.4 Å². The van der Waals surface area contributed by atoms with E-state index in [1.807, 2.05) is 0 Å². The lowest BCUT2D eigenvalue weighted by molar-refractivity contribution is -0.161. The lowest BCUT2D eigenvalue weighted by atomic mass is 9.99. The highest BCUT2D eigenvalue weighted by atomic mass is 31.2. The molecule has 0 rings (SSSR count). The Hall–Kier alpha value is -1.94. The summed E-state index contributed by atoms with van der Waals surface area (Å²) in [6.07, 6.45) is 58.2. The van der Waals surface area contributed by atoms with Crippen molar-refractivity contribution in [1.29, 1.82) is 0 Å². The first-order valence-corrected chi connectivity index (χ1v) is 45.2. The van der Waals surface area contributed by atoms with Gasteiger partial charge in [-0.05, 0) is 49.4 Å². The van der Waals surface area contributed by atoms with Crippen LogP contribution in [0.25, 0.3) is 0 Å². The minimum Gasteiger partial charge on any atom is -0.462 e. The van der Waals surface area contributed by atoms with Crippen molar-refractivity contribution < 1.29 is 80.2 Å². The Morgan fingerprint density at radius 2 is 0.475 bits per heavy atom. The van der Waals surface area contributed by atoms with E-state index in [0.717, 1.165) is 114 Å². The van der Waals surface area contributed by atoms with Gasteiger partial charge in [0.2, 0.25) is 0 Å². The van der Waals surface area contributed by atoms with Gasteiger partial charge in [0.05, 0.1) is 26.4 Å². The third-order valence-electron chi connectivity index (χ3n) is 19.4. The number of carbonyl (C=O) groups excluding carboxylic acids is 4. The number of aliphatic hydroxyl groups is 1. The second kappa shape index (κ2) is 71.0. The number of aliphatic hydroxyl groups excluding tert-OH is 1. The predicted octanol–water partition coefficient (Wildman–Crippen LogP) is 24.4. The van der Waals surface area contributed by atoms with Crippen LogP contribution in [0.1, 0.15) is 421 Å². The van der Waals surface area contributed by atoms with E-state index >= 15 is 0 Å². The van der Waals surface area contributed by atoms with Crippen molar-refractivity contribution in [2.24, 2.45) is 23.7 Å². The fourth-order valence-corrected chi connectivity index (χ4v) is 14.2. The third kappa shape index (κ3) is 74.7. The van der Waals surface area contributed by atoms with Gasteiger partial charge in [0, 0.05) is 25.7 Å². The first kappa shape index (κ1) is 99.1. The lowest BCUT2D eigenvalue weighted by Gasteiger charge is -2.21. The van der Waals surface area contributed by atoms with Gasteiger partial charge in [-0.25, -0.2) is 9.13 Å². The maximum atomic E-state index is 13.1. The quantitative estimate of drug-likeness (QED) is 0.0222.